The Bertz CT molecular complexity index is 611. The predicted molar refractivity (Wildman–Crippen MR) is 68.7 cm³/mol. The SMILES string of the molecule is O=S(=O)(Nc1ccccc1Cl)c1ccccc1. The van der Waals surface area contributed by atoms with E-state index in [9.17, 15) is 8.42 Å². The summed E-state index contributed by atoms with van der Waals surface area (Å²) in [6.07, 6.45) is 0. The van der Waals surface area contributed by atoms with Gasteiger partial charge < -0.3 is 0 Å². The molecule has 0 atom stereocenters. The second-order valence-electron chi connectivity index (χ2n) is 3.40. The van der Waals surface area contributed by atoms with E-state index in [1.165, 1.54) is 12.1 Å². The van der Waals surface area contributed by atoms with Gasteiger partial charge >= 0.3 is 0 Å². The molecule has 0 saturated heterocycles. The second kappa shape index (κ2) is 4.77. The van der Waals surface area contributed by atoms with Gasteiger partial charge in [0.1, 0.15) is 0 Å². The van der Waals surface area contributed by atoms with Crippen molar-refractivity contribution >= 4 is 27.3 Å². The summed E-state index contributed by atoms with van der Waals surface area (Å²) >= 11 is 5.89. The van der Waals surface area contributed by atoms with Crippen LogP contribution < -0.4 is 4.72 Å². The third-order valence-electron chi connectivity index (χ3n) is 2.17. The number of para-hydroxylation sites is 1. The highest BCUT2D eigenvalue weighted by molar-refractivity contribution is 7.92. The Kier molecular flexibility index (Phi) is 3.36. The molecule has 0 aromatic heterocycles. The summed E-state index contributed by atoms with van der Waals surface area (Å²) in [4.78, 5) is 0.208. The normalized spacial score (nSPS) is 11.1. The van der Waals surface area contributed by atoms with E-state index in [-0.39, 0.29) is 4.90 Å². The fourth-order valence-electron chi connectivity index (χ4n) is 1.35. The molecule has 5 heteroatoms. The fourth-order valence-corrected chi connectivity index (χ4v) is 2.69. The molecule has 2 aromatic carbocycles. The zero-order valence-corrected chi connectivity index (χ0v) is 10.4. The molecule has 3 nitrogen and oxygen atoms in total. The highest BCUT2D eigenvalue weighted by Gasteiger charge is 2.14. The van der Waals surface area contributed by atoms with Gasteiger partial charge in [0, 0.05) is 0 Å². The third-order valence-corrected chi connectivity index (χ3v) is 3.88. The molecule has 0 heterocycles. The van der Waals surface area contributed by atoms with Crippen LogP contribution in [0.5, 0.6) is 0 Å². The number of rotatable bonds is 3. The van der Waals surface area contributed by atoms with Crippen LogP contribution in [0.3, 0.4) is 0 Å². The molecule has 0 saturated carbocycles. The Balaban J connectivity index is 2.34. The van der Waals surface area contributed by atoms with Gasteiger partial charge in [0.2, 0.25) is 0 Å². The number of benzene rings is 2. The maximum atomic E-state index is 12.0. The predicted octanol–water partition coefficient (Wildman–Crippen LogP) is 3.14. The molecule has 0 aliphatic rings. The van der Waals surface area contributed by atoms with Crippen LogP contribution in [0, 0.1) is 0 Å². The van der Waals surface area contributed by atoms with Crippen molar-refractivity contribution in [3.63, 3.8) is 0 Å². The number of halogens is 1. The Labute approximate surface area is 105 Å². The van der Waals surface area contributed by atoms with Crippen molar-refractivity contribution in [3.05, 3.63) is 59.6 Å². The van der Waals surface area contributed by atoms with Gasteiger partial charge in [0.05, 0.1) is 15.6 Å². The number of sulfonamides is 1. The lowest BCUT2D eigenvalue weighted by molar-refractivity contribution is 0.601. The Morgan fingerprint density at radius 2 is 1.47 bits per heavy atom. The van der Waals surface area contributed by atoms with Gasteiger partial charge in [-0.25, -0.2) is 8.42 Å². The van der Waals surface area contributed by atoms with E-state index in [1.54, 1.807) is 42.5 Å². The number of hydrogen-bond acceptors (Lipinski definition) is 2. The van der Waals surface area contributed by atoms with E-state index in [0.29, 0.717) is 10.7 Å². The maximum absolute atomic E-state index is 12.0. The molecule has 0 fully saturated rings. The highest BCUT2D eigenvalue weighted by atomic mass is 35.5. The van der Waals surface area contributed by atoms with Crippen molar-refractivity contribution in [3.8, 4) is 0 Å². The van der Waals surface area contributed by atoms with E-state index < -0.39 is 10.0 Å². The first-order valence-corrected chi connectivity index (χ1v) is 6.78. The lowest BCUT2D eigenvalue weighted by atomic mass is 10.3. The summed E-state index contributed by atoms with van der Waals surface area (Å²) in [7, 11) is -3.57. The Morgan fingerprint density at radius 3 is 2.12 bits per heavy atom. The van der Waals surface area contributed by atoms with Crippen LogP contribution in [0.1, 0.15) is 0 Å². The highest BCUT2D eigenvalue weighted by Crippen LogP contribution is 2.23. The molecular weight excluding hydrogens is 258 g/mol. The molecule has 0 unspecified atom stereocenters. The van der Waals surface area contributed by atoms with Crippen LogP contribution in [-0.4, -0.2) is 8.42 Å². The first-order valence-electron chi connectivity index (χ1n) is 4.92. The minimum absolute atomic E-state index is 0.208. The minimum Gasteiger partial charge on any atom is -0.278 e. The summed E-state index contributed by atoms with van der Waals surface area (Å²) in [6.45, 7) is 0. The van der Waals surface area contributed by atoms with Crippen molar-refractivity contribution in [2.24, 2.45) is 0 Å². The van der Waals surface area contributed by atoms with Crippen molar-refractivity contribution in [1.82, 2.24) is 0 Å². The van der Waals surface area contributed by atoms with Crippen molar-refractivity contribution in [2.45, 2.75) is 4.90 Å². The topological polar surface area (TPSA) is 46.2 Å². The number of nitrogens with one attached hydrogen (secondary N) is 1. The monoisotopic (exact) mass is 267 g/mol. The van der Waals surface area contributed by atoms with Crippen molar-refractivity contribution < 1.29 is 8.42 Å². The minimum atomic E-state index is -3.57. The average Bonchev–Trinajstić information content (AvgIpc) is 2.33. The lowest BCUT2D eigenvalue weighted by Crippen LogP contribution is -2.12. The van der Waals surface area contributed by atoms with E-state index in [2.05, 4.69) is 4.72 Å². The zero-order valence-electron chi connectivity index (χ0n) is 8.80. The average molecular weight is 268 g/mol. The molecule has 0 radical (unpaired) electrons. The van der Waals surface area contributed by atoms with Gasteiger partial charge in [0.15, 0.2) is 0 Å². The van der Waals surface area contributed by atoms with Crippen LogP contribution in [0.25, 0.3) is 0 Å². The molecule has 2 aromatic rings. The molecule has 17 heavy (non-hydrogen) atoms. The standard InChI is InChI=1S/C12H10ClNO2S/c13-11-8-4-5-9-12(11)14-17(15,16)10-6-2-1-3-7-10/h1-9,14H. The van der Waals surface area contributed by atoms with Gasteiger partial charge in [-0.2, -0.15) is 0 Å². The quantitative estimate of drug-likeness (QED) is 0.929. The smallest absolute Gasteiger partial charge is 0.261 e. The first kappa shape index (κ1) is 12.0. The molecule has 0 aliphatic carbocycles. The molecule has 88 valence electrons. The summed E-state index contributed by atoms with van der Waals surface area (Å²) in [5.41, 5.74) is 0.373. The van der Waals surface area contributed by atoms with Gasteiger partial charge in [0.25, 0.3) is 10.0 Å². The van der Waals surface area contributed by atoms with E-state index in [1.807, 2.05) is 0 Å². The zero-order chi connectivity index (χ0) is 12.3. The van der Waals surface area contributed by atoms with Crippen LogP contribution in [0.2, 0.25) is 5.02 Å². The summed E-state index contributed by atoms with van der Waals surface area (Å²) in [5, 5.41) is 0.368. The van der Waals surface area contributed by atoms with Gasteiger partial charge in [-0.1, -0.05) is 41.9 Å². The van der Waals surface area contributed by atoms with Crippen LogP contribution in [-0.2, 0) is 10.0 Å². The van der Waals surface area contributed by atoms with Gasteiger partial charge in [-0.05, 0) is 24.3 Å². The number of anilines is 1. The summed E-state index contributed by atoms with van der Waals surface area (Å²) in [6, 6.07) is 14.8. The third kappa shape index (κ3) is 2.78. The summed E-state index contributed by atoms with van der Waals surface area (Å²) < 4.78 is 26.4. The molecule has 1 N–H and O–H groups in total. The van der Waals surface area contributed by atoms with Crippen LogP contribution in [0.15, 0.2) is 59.5 Å². The van der Waals surface area contributed by atoms with E-state index in [4.69, 9.17) is 11.6 Å². The largest absolute Gasteiger partial charge is 0.278 e. The van der Waals surface area contributed by atoms with Gasteiger partial charge in [-0.15, -0.1) is 0 Å². The number of hydrogen-bond donors (Lipinski definition) is 1. The lowest BCUT2D eigenvalue weighted by Gasteiger charge is -2.08. The molecule has 0 amide bonds. The van der Waals surface area contributed by atoms with Gasteiger partial charge in [-0.3, -0.25) is 4.72 Å². The van der Waals surface area contributed by atoms with Crippen LogP contribution >= 0.6 is 11.6 Å². The fraction of sp³-hybridized carbons (Fsp3) is 0. The Morgan fingerprint density at radius 1 is 0.882 bits per heavy atom. The van der Waals surface area contributed by atoms with Crippen molar-refractivity contribution in [1.29, 1.82) is 0 Å². The van der Waals surface area contributed by atoms with E-state index in [0.717, 1.165) is 0 Å². The van der Waals surface area contributed by atoms with E-state index >= 15 is 0 Å². The second-order valence-corrected chi connectivity index (χ2v) is 5.49. The molecule has 0 aliphatic heterocycles. The van der Waals surface area contributed by atoms with Crippen molar-refractivity contribution in [2.75, 3.05) is 4.72 Å². The van der Waals surface area contributed by atoms with Crippen LogP contribution in [0.4, 0.5) is 5.69 Å². The first-order chi connectivity index (χ1) is 8.09. The maximum Gasteiger partial charge on any atom is 0.261 e. The molecular formula is C12H10ClNO2S. The molecule has 0 bridgehead atoms. The summed E-state index contributed by atoms with van der Waals surface area (Å²) in [5.74, 6) is 0. The molecule has 2 rings (SSSR count). The molecule has 0 spiro atoms. The Hall–Kier alpha value is -1.52.